The van der Waals surface area contributed by atoms with Crippen molar-refractivity contribution in [3.63, 3.8) is 0 Å². The van der Waals surface area contributed by atoms with Gasteiger partial charge in [-0.1, -0.05) is 53.2 Å². The first-order valence-electron chi connectivity index (χ1n) is 16.2. The molecule has 2 N–H and O–H groups in total. The van der Waals surface area contributed by atoms with Gasteiger partial charge in [0.25, 0.3) is 10.9 Å². The molecule has 0 radical (unpaired) electrons. The van der Waals surface area contributed by atoms with Gasteiger partial charge in [0.1, 0.15) is 23.7 Å². The minimum Gasteiger partial charge on any atom is -0.371 e. The van der Waals surface area contributed by atoms with E-state index in [1.165, 1.54) is 16.7 Å². The van der Waals surface area contributed by atoms with Crippen molar-refractivity contribution in [3.05, 3.63) is 96.8 Å². The van der Waals surface area contributed by atoms with Gasteiger partial charge >= 0.3 is 6.18 Å². The Morgan fingerprint density at radius 1 is 0.939 bits per heavy atom. The lowest BCUT2D eigenvalue weighted by Crippen LogP contribution is -2.61. The molecule has 14 heteroatoms. The number of nitrogens with one attached hydrogen (secondary N) is 2. The van der Waals surface area contributed by atoms with Crippen LogP contribution >= 0.6 is 35.0 Å². The third-order valence-electron chi connectivity index (χ3n) is 9.21. The molecule has 2 atom stereocenters. The summed E-state index contributed by atoms with van der Waals surface area (Å²) in [6.45, 7) is 7.46. The fourth-order valence-electron chi connectivity index (χ4n) is 6.69. The lowest BCUT2D eigenvalue weighted by molar-refractivity contribution is -0.115. The lowest BCUT2D eigenvalue weighted by Gasteiger charge is -2.49. The molecule has 8 nitrogen and oxygen atoms in total. The number of hydrogen-bond donors (Lipinski definition) is 2. The first-order valence-corrected chi connectivity index (χ1v) is 17.8. The van der Waals surface area contributed by atoms with Gasteiger partial charge in [0.2, 0.25) is 0 Å². The van der Waals surface area contributed by atoms with E-state index in [1.54, 1.807) is 17.8 Å². The topological polar surface area (TPSA) is 80.8 Å². The van der Waals surface area contributed by atoms with Gasteiger partial charge in [-0.2, -0.15) is 13.2 Å². The second-order valence-electron chi connectivity index (χ2n) is 12.7. The van der Waals surface area contributed by atoms with Crippen LogP contribution in [0.1, 0.15) is 32.3 Å². The van der Waals surface area contributed by atoms with E-state index < -0.39 is 29.3 Å². The van der Waals surface area contributed by atoms with Crippen LogP contribution in [-0.4, -0.2) is 71.8 Å². The third kappa shape index (κ3) is 8.37. The van der Waals surface area contributed by atoms with Crippen molar-refractivity contribution in [1.29, 1.82) is 0 Å². The van der Waals surface area contributed by atoms with Crippen LogP contribution in [0.4, 0.5) is 36.1 Å². The van der Waals surface area contributed by atoms with Crippen molar-refractivity contribution < 1.29 is 13.2 Å². The minimum atomic E-state index is -4.54. The van der Waals surface area contributed by atoms with E-state index in [1.807, 2.05) is 17.4 Å². The Morgan fingerprint density at radius 3 is 2.33 bits per heavy atom. The predicted octanol–water partition coefficient (Wildman–Crippen LogP) is 7.42. The average Bonchev–Trinajstić information content (AvgIpc) is 3.07. The highest BCUT2D eigenvalue weighted by Gasteiger charge is 2.36. The van der Waals surface area contributed by atoms with Crippen molar-refractivity contribution in [1.82, 2.24) is 14.8 Å². The summed E-state index contributed by atoms with van der Waals surface area (Å²) in [6.07, 6.45) is -0.902. The summed E-state index contributed by atoms with van der Waals surface area (Å²) >= 11 is 14.5. The highest BCUT2D eigenvalue weighted by molar-refractivity contribution is 7.99. The van der Waals surface area contributed by atoms with E-state index >= 15 is 0 Å². The Bertz CT molecular complexity index is 1840. The number of hydrogen-bond acceptors (Lipinski definition) is 9. The van der Waals surface area contributed by atoms with Crippen LogP contribution in [0.5, 0.6) is 0 Å². The lowest BCUT2D eigenvalue weighted by atomic mass is 9.97. The second-order valence-corrected chi connectivity index (χ2v) is 14.7. The fraction of sp³-hybridized carbons (Fsp3) is 0.400. The van der Waals surface area contributed by atoms with Crippen LogP contribution in [-0.2, 0) is 6.54 Å². The van der Waals surface area contributed by atoms with E-state index in [0.717, 1.165) is 55.5 Å². The molecule has 0 unspecified atom stereocenters. The van der Waals surface area contributed by atoms with Gasteiger partial charge in [0.05, 0.1) is 16.9 Å². The summed E-state index contributed by atoms with van der Waals surface area (Å²) in [5.41, 5.74) is -0.901. The third-order valence-corrected chi connectivity index (χ3v) is 10.9. The number of aromatic nitrogens is 1. The summed E-state index contributed by atoms with van der Waals surface area (Å²) in [5, 5.41) is 5.79. The molecular weight excluding hydrogens is 696 g/mol. The molecule has 49 heavy (non-hydrogen) atoms. The number of rotatable bonds is 10. The van der Waals surface area contributed by atoms with Gasteiger partial charge in [0, 0.05) is 52.6 Å². The molecule has 0 aliphatic carbocycles. The molecule has 2 aliphatic heterocycles. The molecule has 0 amide bonds. The summed E-state index contributed by atoms with van der Waals surface area (Å²) in [6, 6.07) is 19.0. The molecule has 3 heterocycles. The van der Waals surface area contributed by atoms with Gasteiger partial charge in [-0.15, -0.1) is 0 Å². The molecule has 2 fully saturated rings. The van der Waals surface area contributed by atoms with E-state index in [2.05, 4.69) is 75.2 Å². The fourth-order valence-corrected chi connectivity index (χ4v) is 8.03. The Hall–Kier alpha value is -3.29. The Morgan fingerprint density at radius 2 is 1.63 bits per heavy atom. The van der Waals surface area contributed by atoms with Gasteiger partial charge < -0.3 is 15.5 Å². The van der Waals surface area contributed by atoms with Crippen LogP contribution < -0.4 is 26.4 Å². The monoisotopic (exact) mass is 732 g/mol. The minimum absolute atomic E-state index is 0.126. The molecule has 0 spiro atoms. The van der Waals surface area contributed by atoms with E-state index in [-0.39, 0.29) is 17.8 Å². The smallest absolute Gasteiger partial charge is 0.371 e. The predicted molar refractivity (Wildman–Crippen MR) is 192 cm³/mol. The number of benzene rings is 2. The maximum Gasteiger partial charge on any atom is 0.405 e. The second kappa shape index (κ2) is 14.9. The first kappa shape index (κ1) is 35.5. The van der Waals surface area contributed by atoms with Gasteiger partial charge in [-0.3, -0.25) is 19.4 Å². The highest BCUT2D eigenvalue weighted by Crippen LogP contribution is 2.35. The van der Waals surface area contributed by atoms with Crippen molar-refractivity contribution in [2.75, 3.05) is 48.3 Å². The molecule has 6 rings (SSSR count). The van der Waals surface area contributed by atoms with E-state index in [9.17, 15) is 22.8 Å². The number of piperidine rings is 1. The molecule has 1 aromatic heterocycles. The molecule has 0 saturated carbocycles. The maximum atomic E-state index is 12.6. The largest absolute Gasteiger partial charge is 0.405 e. The number of likely N-dealkylation sites (tertiary alicyclic amines) is 1. The van der Waals surface area contributed by atoms with Crippen molar-refractivity contribution in [2.24, 2.45) is 0 Å². The van der Waals surface area contributed by atoms with Crippen molar-refractivity contribution >= 4 is 57.8 Å². The number of nitrogens with zero attached hydrogens (tertiary/aromatic N) is 4. The number of halogens is 5. The zero-order chi connectivity index (χ0) is 34.9. The maximum absolute atomic E-state index is 12.6. The molecule has 260 valence electrons. The quantitative estimate of drug-likeness (QED) is 0.162. The molecule has 3 aromatic carbocycles. The molecular formula is C35H37Cl2F3N6O2S. The Balaban J connectivity index is 1.04. The number of alkyl halides is 3. The molecule has 2 saturated heterocycles. The molecule has 0 bridgehead atoms. The number of anilines is 4. The van der Waals surface area contributed by atoms with Crippen LogP contribution in [0, 0.1) is 0 Å². The van der Waals surface area contributed by atoms with E-state index in [0.29, 0.717) is 22.6 Å². The summed E-state index contributed by atoms with van der Waals surface area (Å²) in [5.74, 6) is 0.594. The Kier molecular flexibility index (Phi) is 10.8. The van der Waals surface area contributed by atoms with Crippen LogP contribution in [0.15, 0.2) is 80.2 Å². The standard InChI is InChI=1S/C35H37Cl2F3N6O2S/c1-21-18-46(34-28(37)15-25(16-41-34)43-31-30(32(47)33(31)48)42-20-35(38,39)40)22(2)17-45(21)26-11-13-44(14-12-26)19-23-5-3-4-6-29(23)49-27-9-7-24(36)8-10-27/h3-10,15-16,21-22,26,42-43H,11-14,17-20H2,1-2H3/t21-,22+/m1/s1. The number of piperazine rings is 1. The average molecular weight is 734 g/mol. The normalized spacial score (nSPS) is 19.8. The highest BCUT2D eigenvalue weighted by atomic mass is 35.5. The van der Waals surface area contributed by atoms with Crippen molar-refractivity contribution in [2.45, 2.75) is 67.3 Å². The van der Waals surface area contributed by atoms with Gasteiger partial charge in [-0.05, 0) is 81.7 Å². The first-order chi connectivity index (χ1) is 23.4. The van der Waals surface area contributed by atoms with Crippen molar-refractivity contribution in [3.8, 4) is 0 Å². The Labute approximate surface area is 297 Å². The summed E-state index contributed by atoms with van der Waals surface area (Å²) in [7, 11) is 0. The van der Waals surface area contributed by atoms with Crippen LogP contribution in [0.25, 0.3) is 0 Å². The van der Waals surface area contributed by atoms with Gasteiger partial charge in [0.15, 0.2) is 0 Å². The molecule has 4 aromatic rings. The SMILES string of the molecule is C[C@@H]1CN(c2ncc(Nc3c(NCC(F)(F)F)c(=O)c3=O)cc2Cl)[C@@H](C)CN1C1CCN(Cc2ccccc2Sc2ccc(Cl)cc2)CC1. The number of pyridine rings is 1. The van der Waals surface area contributed by atoms with Crippen LogP contribution in [0.3, 0.4) is 0 Å². The summed E-state index contributed by atoms with van der Waals surface area (Å²) in [4.78, 5) is 38.2. The molecule has 2 aliphatic rings. The summed E-state index contributed by atoms with van der Waals surface area (Å²) < 4.78 is 37.9. The van der Waals surface area contributed by atoms with Crippen LogP contribution in [0.2, 0.25) is 10.0 Å². The van der Waals surface area contributed by atoms with Gasteiger partial charge in [-0.25, -0.2) is 4.98 Å². The van der Waals surface area contributed by atoms with E-state index in [4.69, 9.17) is 23.2 Å². The zero-order valence-corrected chi connectivity index (χ0v) is 29.4. The zero-order valence-electron chi connectivity index (χ0n) is 27.1.